The van der Waals surface area contributed by atoms with Gasteiger partial charge in [0.25, 0.3) is 0 Å². The summed E-state index contributed by atoms with van der Waals surface area (Å²) in [4.78, 5) is 16.4. The molecule has 0 bridgehead atoms. The summed E-state index contributed by atoms with van der Waals surface area (Å²) in [5.41, 5.74) is 2.32. The number of carbonyl (C=O) groups excluding carboxylic acids is 1. The average Bonchev–Trinajstić information content (AvgIpc) is 2.97. The Balaban J connectivity index is 1.84. The van der Waals surface area contributed by atoms with Gasteiger partial charge >= 0.3 is 6.03 Å². The van der Waals surface area contributed by atoms with Crippen molar-refractivity contribution in [2.24, 2.45) is 0 Å². The highest BCUT2D eigenvalue weighted by Gasteiger charge is 2.54. The quantitative estimate of drug-likeness (QED) is 0.756. The van der Waals surface area contributed by atoms with Crippen LogP contribution in [0.4, 0.5) is 16.2 Å². The molecule has 2 amide bonds. The molecule has 2 fully saturated rings. The molecule has 0 saturated carbocycles. The van der Waals surface area contributed by atoms with E-state index in [1.807, 2.05) is 31.2 Å². The van der Waals surface area contributed by atoms with Crippen LogP contribution in [0.2, 0.25) is 5.02 Å². The van der Waals surface area contributed by atoms with Crippen LogP contribution in [-0.2, 0) is 9.84 Å². The number of hydrogen-bond acceptors (Lipinski definition) is 3. The summed E-state index contributed by atoms with van der Waals surface area (Å²) >= 11 is 6.08. The molecule has 2 aliphatic heterocycles. The second-order valence-corrected chi connectivity index (χ2v) is 9.09. The third-order valence-corrected chi connectivity index (χ3v) is 6.76. The van der Waals surface area contributed by atoms with E-state index in [-0.39, 0.29) is 17.5 Å². The number of benzene rings is 2. The Morgan fingerprint density at radius 3 is 2.36 bits per heavy atom. The molecule has 0 aliphatic carbocycles. The van der Waals surface area contributed by atoms with Crippen molar-refractivity contribution in [2.75, 3.05) is 21.3 Å². The second-order valence-electron chi connectivity index (χ2n) is 6.50. The molecule has 0 spiro atoms. The Kier molecular flexibility index (Phi) is 3.77. The molecule has 7 heteroatoms. The first-order valence-corrected chi connectivity index (χ1v) is 10.2. The van der Waals surface area contributed by atoms with Gasteiger partial charge in [0.05, 0.1) is 23.6 Å². The molecule has 4 rings (SSSR count). The van der Waals surface area contributed by atoms with Crippen LogP contribution in [0, 0.1) is 6.92 Å². The zero-order valence-corrected chi connectivity index (χ0v) is 15.2. The summed E-state index contributed by atoms with van der Waals surface area (Å²) < 4.78 is 24.5. The Labute approximate surface area is 151 Å². The van der Waals surface area contributed by atoms with E-state index in [0.717, 1.165) is 11.3 Å². The Morgan fingerprint density at radius 1 is 1.00 bits per heavy atom. The number of amides is 2. The average molecular weight is 377 g/mol. The van der Waals surface area contributed by atoms with E-state index in [0.29, 0.717) is 10.7 Å². The molecule has 0 aromatic heterocycles. The number of carbonyl (C=O) groups is 1. The predicted molar refractivity (Wildman–Crippen MR) is 99.2 cm³/mol. The maximum absolute atomic E-state index is 13.2. The normalized spacial score (nSPS) is 24.6. The van der Waals surface area contributed by atoms with Crippen molar-refractivity contribution in [3.05, 3.63) is 59.1 Å². The first-order chi connectivity index (χ1) is 11.9. The molecule has 5 nitrogen and oxygen atoms in total. The summed E-state index contributed by atoms with van der Waals surface area (Å²) in [6.45, 7) is 1.92. The fourth-order valence-electron chi connectivity index (χ4n) is 3.75. The van der Waals surface area contributed by atoms with Crippen molar-refractivity contribution in [1.29, 1.82) is 0 Å². The van der Waals surface area contributed by atoms with E-state index in [9.17, 15) is 13.2 Å². The first kappa shape index (κ1) is 16.4. The molecule has 2 aromatic carbocycles. The molecular formula is C18H17ClN2O3S. The van der Waals surface area contributed by atoms with E-state index >= 15 is 0 Å². The summed E-state index contributed by atoms with van der Waals surface area (Å²) in [7, 11) is -3.20. The minimum atomic E-state index is -3.20. The molecule has 25 heavy (non-hydrogen) atoms. The van der Waals surface area contributed by atoms with Crippen LogP contribution in [0.15, 0.2) is 48.5 Å². The lowest BCUT2D eigenvalue weighted by Crippen LogP contribution is -2.38. The van der Waals surface area contributed by atoms with Crippen molar-refractivity contribution in [3.63, 3.8) is 0 Å². The highest BCUT2D eigenvalue weighted by molar-refractivity contribution is 7.91. The van der Waals surface area contributed by atoms with Gasteiger partial charge in [0.15, 0.2) is 9.84 Å². The van der Waals surface area contributed by atoms with Gasteiger partial charge in [-0.25, -0.2) is 13.2 Å². The third-order valence-electron chi connectivity index (χ3n) is 4.83. The van der Waals surface area contributed by atoms with Gasteiger partial charge in [-0.15, -0.1) is 0 Å². The number of para-hydroxylation sites is 1. The van der Waals surface area contributed by atoms with E-state index in [1.165, 1.54) is 0 Å². The number of rotatable bonds is 2. The van der Waals surface area contributed by atoms with Crippen LogP contribution < -0.4 is 9.80 Å². The minimum absolute atomic E-state index is 0.0190. The van der Waals surface area contributed by atoms with Crippen molar-refractivity contribution >= 4 is 38.8 Å². The van der Waals surface area contributed by atoms with Crippen molar-refractivity contribution in [3.8, 4) is 0 Å². The maximum Gasteiger partial charge on any atom is 0.329 e. The number of hydrogen-bond donors (Lipinski definition) is 0. The van der Waals surface area contributed by atoms with Gasteiger partial charge < -0.3 is 0 Å². The molecule has 2 aliphatic rings. The van der Waals surface area contributed by atoms with Gasteiger partial charge in [-0.1, -0.05) is 35.9 Å². The Bertz CT molecular complexity index is 960. The van der Waals surface area contributed by atoms with Crippen molar-refractivity contribution in [1.82, 2.24) is 0 Å². The van der Waals surface area contributed by atoms with Crippen LogP contribution in [0.3, 0.4) is 0 Å². The fraction of sp³-hybridized carbons (Fsp3) is 0.278. The highest BCUT2D eigenvalue weighted by atomic mass is 35.5. The van der Waals surface area contributed by atoms with E-state index in [1.54, 1.807) is 34.1 Å². The van der Waals surface area contributed by atoms with Gasteiger partial charge in [0.2, 0.25) is 0 Å². The topological polar surface area (TPSA) is 57.7 Å². The number of anilines is 2. The molecular weight excluding hydrogens is 360 g/mol. The van der Waals surface area contributed by atoms with E-state index in [2.05, 4.69) is 0 Å². The number of nitrogens with zero attached hydrogens (tertiary/aromatic N) is 2. The zero-order chi connectivity index (χ0) is 17.8. The van der Waals surface area contributed by atoms with Crippen LogP contribution in [0.25, 0.3) is 0 Å². The number of sulfone groups is 1. The zero-order valence-electron chi connectivity index (χ0n) is 13.6. The number of fused-ring (bicyclic) bond motifs is 1. The predicted octanol–water partition coefficient (Wildman–Crippen LogP) is 3.26. The molecule has 2 saturated heterocycles. The molecule has 2 aromatic rings. The van der Waals surface area contributed by atoms with Gasteiger partial charge in [0, 0.05) is 16.4 Å². The van der Waals surface area contributed by atoms with Crippen molar-refractivity contribution < 1.29 is 13.2 Å². The van der Waals surface area contributed by atoms with Gasteiger partial charge in [-0.05, 0) is 36.8 Å². The smallest absolute Gasteiger partial charge is 0.288 e. The molecule has 130 valence electrons. The van der Waals surface area contributed by atoms with Gasteiger partial charge in [-0.2, -0.15) is 0 Å². The van der Waals surface area contributed by atoms with Crippen LogP contribution >= 0.6 is 11.6 Å². The molecule has 0 N–H and O–H groups in total. The van der Waals surface area contributed by atoms with Crippen LogP contribution in [0.5, 0.6) is 0 Å². The number of aryl methyl sites for hydroxylation is 1. The standard InChI is InChI=1S/C18H17ClN2O3S/c1-12-5-2-3-8-15(12)21-17-11-25(23,24)10-16(17)20(18(21)22)14-7-4-6-13(19)9-14/h2-9,16-17H,10-11H2,1H3. The summed E-state index contributed by atoms with van der Waals surface area (Å²) in [6, 6.07) is 13.5. The van der Waals surface area contributed by atoms with Gasteiger partial charge in [0.1, 0.15) is 0 Å². The largest absolute Gasteiger partial charge is 0.329 e. The summed E-state index contributed by atoms with van der Waals surface area (Å²) in [5.74, 6) is -0.0485. The molecule has 2 heterocycles. The van der Waals surface area contributed by atoms with E-state index in [4.69, 9.17) is 11.6 Å². The van der Waals surface area contributed by atoms with Gasteiger partial charge in [-0.3, -0.25) is 9.80 Å². The van der Waals surface area contributed by atoms with Crippen LogP contribution in [0.1, 0.15) is 5.56 Å². The Morgan fingerprint density at radius 2 is 1.68 bits per heavy atom. The highest BCUT2D eigenvalue weighted by Crippen LogP contribution is 2.39. The fourth-order valence-corrected chi connectivity index (χ4v) is 5.85. The Hall–Kier alpha value is -2.05. The SMILES string of the molecule is Cc1ccccc1N1C(=O)N(c2cccc(Cl)c2)C2CS(=O)(=O)CC21. The number of urea groups is 1. The monoisotopic (exact) mass is 376 g/mol. The maximum atomic E-state index is 13.2. The third kappa shape index (κ3) is 2.69. The van der Waals surface area contributed by atoms with E-state index < -0.39 is 21.9 Å². The summed E-state index contributed by atoms with van der Waals surface area (Å²) in [6.07, 6.45) is 0. The minimum Gasteiger partial charge on any atom is -0.288 e. The lowest BCUT2D eigenvalue weighted by Gasteiger charge is -2.24. The number of halogens is 1. The van der Waals surface area contributed by atoms with Crippen LogP contribution in [-0.4, -0.2) is 38.0 Å². The first-order valence-electron chi connectivity index (χ1n) is 8.01. The molecule has 0 radical (unpaired) electrons. The lowest BCUT2D eigenvalue weighted by atomic mass is 10.1. The second kappa shape index (κ2) is 5.75. The molecule has 2 unspecified atom stereocenters. The lowest BCUT2D eigenvalue weighted by molar-refractivity contribution is 0.255. The molecule has 2 atom stereocenters. The van der Waals surface area contributed by atoms with Crippen molar-refractivity contribution in [2.45, 2.75) is 19.0 Å². The summed E-state index contributed by atoms with van der Waals surface area (Å²) in [5, 5.41) is 0.511.